The van der Waals surface area contributed by atoms with Crippen LogP contribution in [0.25, 0.3) is 0 Å². The number of allylic oxidation sites excluding steroid dienone is 1. The predicted molar refractivity (Wildman–Crippen MR) is 112 cm³/mol. The van der Waals surface area contributed by atoms with E-state index >= 15 is 0 Å². The largest absolute Gasteiger partial charge is 0.100 e. The van der Waals surface area contributed by atoms with Crippen molar-refractivity contribution in [3.05, 3.63) is 48.0 Å². The average Bonchev–Trinajstić information content (AvgIpc) is 2.60. The number of benzene rings is 1. The van der Waals surface area contributed by atoms with Gasteiger partial charge in [0.2, 0.25) is 0 Å². The molecule has 1 fully saturated rings. The zero-order valence-electron chi connectivity index (χ0n) is 17.3. The minimum atomic E-state index is 0.795. The normalized spacial score (nSPS) is 30.8. The van der Waals surface area contributed by atoms with Gasteiger partial charge in [0.1, 0.15) is 0 Å². The van der Waals surface area contributed by atoms with Crippen LogP contribution in [0.1, 0.15) is 72.3 Å². The van der Waals surface area contributed by atoms with Crippen molar-refractivity contribution in [1.82, 2.24) is 0 Å². The summed E-state index contributed by atoms with van der Waals surface area (Å²) in [6, 6.07) is 11.0. The van der Waals surface area contributed by atoms with Crippen molar-refractivity contribution in [2.75, 3.05) is 0 Å². The van der Waals surface area contributed by atoms with Gasteiger partial charge >= 0.3 is 0 Å². The second kappa shape index (κ2) is 9.60. The van der Waals surface area contributed by atoms with E-state index in [1.807, 2.05) is 0 Å². The molecule has 0 aromatic heterocycles. The molecule has 0 N–H and O–H groups in total. The topological polar surface area (TPSA) is 0 Å². The van der Waals surface area contributed by atoms with Crippen LogP contribution >= 0.6 is 0 Å². The van der Waals surface area contributed by atoms with Gasteiger partial charge in [-0.15, -0.1) is 6.58 Å². The molecule has 0 amide bonds. The maximum atomic E-state index is 4.22. The number of rotatable bonds is 8. The lowest BCUT2D eigenvalue weighted by Gasteiger charge is -2.45. The molecule has 1 aromatic rings. The Morgan fingerprint density at radius 1 is 1.04 bits per heavy atom. The second-order valence-corrected chi connectivity index (χ2v) is 9.03. The number of hydrogen-bond donors (Lipinski definition) is 0. The van der Waals surface area contributed by atoms with E-state index in [-0.39, 0.29) is 0 Å². The summed E-state index contributed by atoms with van der Waals surface area (Å²) in [5.41, 5.74) is 2.84. The molecule has 6 unspecified atom stereocenters. The number of aryl methyl sites for hydroxylation is 1. The highest BCUT2D eigenvalue weighted by Gasteiger charge is 2.37. The molecular weight excluding hydrogens is 300 g/mol. The van der Waals surface area contributed by atoms with Crippen LogP contribution in [0, 0.1) is 35.5 Å². The fourth-order valence-electron chi connectivity index (χ4n) is 5.24. The van der Waals surface area contributed by atoms with E-state index in [4.69, 9.17) is 0 Å². The third kappa shape index (κ3) is 5.73. The monoisotopic (exact) mass is 340 g/mol. The Morgan fingerprint density at radius 3 is 2.28 bits per heavy atom. The molecule has 25 heavy (non-hydrogen) atoms. The molecule has 0 saturated heterocycles. The SMILES string of the molecule is C=C(C)CC(CCc1ccccc1)CC1CC(CC)C(C)C(C)C1C. The summed E-state index contributed by atoms with van der Waals surface area (Å²) in [5, 5.41) is 0. The zero-order chi connectivity index (χ0) is 18.4. The van der Waals surface area contributed by atoms with Gasteiger partial charge in [0.05, 0.1) is 0 Å². The molecule has 0 radical (unpaired) electrons. The maximum Gasteiger partial charge on any atom is -0.0276 e. The fourth-order valence-corrected chi connectivity index (χ4v) is 5.24. The van der Waals surface area contributed by atoms with Crippen LogP contribution in [0.3, 0.4) is 0 Å². The van der Waals surface area contributed by atoms with Crippen molar-refractivity contribution in [2.24, 2.45) is 35.5 Å². The molecule has 6 atom stereocenters. The highest BCUT2D eigenvalue weighted by molar-refractivity contribution is 5.14. The highest BCUT2D eigenvalue weighted by Crippen LogP contribution is 2.46. The van der Waals surface area contributed by atoms with Crippen molar-refractivity contribution < 1.29 is 0 Å². The van der Waals surface area contributed by atoms with Crippen molar-refractivity contribution in [3.8, 4) is 0 Å². The van der Waals surface area contributed by atoms with Gasteiger partial charge in [0, 0.05) is 0 Å². The highest BCUT2D eigenvalue weighted by atomic mass is 14.4. The standard InChI is InChI=1S/C25H40/c1-7-24-17-25(21(6)19(4)20(24)5)16-23(15-18(2)3)14-13-22-11-9-8-10-12-22/h8-12,19-21,23-25H,2,7,13-17H2,1,3-6H3. The molecule has 1 aliphatic rings. The first-order valence-electron chi connectivity index (χ1n) is 10.6. The van der Waals surface area contributed by atoms with E-state index < -0.39 is 0 Å². The third-order valence-corrected chi connectivity index (χ3v) is 7.23. The van der Waals surface area contributed by atoms with Gasteiger partial charge < -0.3 is 0 Å². The molecular formula is C25H40. The van der Waals surface area contributed by atoms with Crippen LogP contribution in [0.2, 0.25) is 0 Å². The summed E-state index contributed by atoms with van der Waals surface area (Å²) >= 11 is 0. The van der Waals surface area contributed by atoms with Crippen molar-refractivity contribution >= 4 is 0 Å². The molecule has 1 aromatic carbocycles. The van der Waals surface area contributed by atoms with Gasteiger partial charge in [-0.2, -0.15) is 0 Å². The molecule has 1 saturated carbocycles. The summed E-state index contributed by atoms with van der Waals surface area (Å²) in [7, 11) is 0. The Kier molecular flexibility index (Phi) is 7.79. The smallest absolute Gasteiger partial charge is 0.0276 e. The van der Waals surface area contributed by atoms with E-state index in [9.17, 15) is 0 Å². The molecule has 0 spiro atoms. The van der Waals surface area contributed by atoms with E-state index in [1.165, 1.54) is 49.7 Å². The van der Waals surface area contributed by atoms with Crippen molar-refractivity contribution in [1.29, 1.82) is 0 Å². The Balaban J connectivity index is 2.01. The van der Waals surface area contributed by atoms with Crippen molar-refractivity contribution in [3.63, 3.8) is 0 Å². The van der Waals surface area contributed by atoms with E-state index in [0.29, 0.717) is 0 Å². The van der Waals surface area contributed by atoms with Gasteiger partial charge in [0.25, 0.3) is 0 Å². The van der Waals surface area contributed by atoms with E-state index in [1.54, 1.807) is 0 Å². The first kappa shape index (κ1) is 20.3. The molecule has 0 heterocycles. The first-order chi connectivity index (χ1) is 11.9. The summed E-state index contributed by atoms with van der Waals surface area (Å²) in [6.07, 6.45) is 7.92. The Morgan fingerprint density at radius 2 is 1.68 bits per heavy atom. The lowest BCUT2D eigenvalue weighted by Crippen LogP contribution is -2.37. The minimum Gasteiger partial charge on any atom is -0.100 e. The lowest BCUT2D eigenvalue weighted by atomic mass is 9.61. The van der Waals surface area contributed by atoms with Crippen LogP contribution in [0.15, 0.2) is 42.5 Å². The molecule has 0 bridgehead atoms. The molecule has 2 rings (SSSR count). The van der Waals surface area contributed by atoms with Crippen LogP contribution in [0.4, 0.5) is 0 Å². The average molecular weight is 341 g/mol. The maximum absolute atomic E-state index is 4.22. The Bertz CT molecular complexity index is 512. The summed E-state index contributed by atoms with van der Waals surface area (Å²) in [6.45, 7) is 16.3. The quantitative estimate of drug-likeness (QED) is 0.429. The van der Waals surface area contributed by atoms with Crippen LogP contribution in [-0.4, -0.2) is 0 Å². The van der Waals surface area contributed by atoms with Crippen LogP contribution in [-0.2, 0) is 6.42 Å². The van der Waals surface area contributed by atoms with Gasteiger partial charge in [-0.1, -0.05) is 70.0 Å². The third-order valence-electron chi connectivity index (χ3n) is 7.23. The van der Waals surface area contributed by atoms with E-state index in [2.05, 4.69) is 71.5 Å². The predicted octanol–water partition coefficient (Wildman–Crippen LogP) is 7.55. The lowest BCUT2D eigenvalue weighted by molar-refractivity contribution is 0.0503. The molecule has 0 aliphatic heterocycles. The van der Waals surface area contributed by atoms with Gasteiger partial charge in [0.15, 0.2) is 0 Å². The minimum absolute atomic E-state index is 0.795. The Labute approximate surface area is 157 Å². The fraction of sp³-hybridized carbons (Fsp3) is 0.680. The molecule has 140 valence electrons. The second-order valence-electron chi connectivity index (χ2n) is 9.03. The summed E-state index contributed by atoms with van der Waals surface area (Å²) < 4.78 is 0. The molecule has 0 nitrogen and oxygen atoms in total. The summed E-state index contributed by atoms with van der Waals surface area (Å²) in [4.78, 5) is 0. The number of hydrogen-bond acceptors (Lipinski definition) is 0. The van der Waals surface area contributed by atoms with Crippen molar-refractivity contribution in [2.45, 2.75) is 73.1 Å². The van der Waals surface area contributed by atoms with Gasteiger partial charge in [-0.05, 0) is 80.1 Å². The van der Waals surface area contributed by atoms with Gasteiger partial charge in [-0.3, -0.25) is 0 Å². The van der Waals surface area contributed by atoms with Crippen LogP contribution in [0.5, 0.6) is 0 Å². The van der Waals surface area contributed by atoms with E-state index in [0.717, 1.165) is 35.5 Å². The summed E-state index contributed by atoms with van der Waals surface area (Å²) in [5.74, 6) is 5.24. The molecule has 1 aliphatic carbocycles. The molecule has 0 heteroatoms. The zero-order valence-corrected chi connectivity index (χ0v) is 17.3. The Hall–Kier alpha value is -1.04. The van der Waals surface area contributed by atoms with Gasteiger partial charge in [-0.25, -0.2) is 0 Å². The van der Waals surface area contributed by atoms with Crippen LogP contribution < -0.4 is 0 Å². The first-order valence-corrected chi connectivity index (χ1v) is 10.6.